The first kappa shape index (κ1) is 13.4. The summed E-state index contributed by atoms with van der Waals surface area (Å²) < 4.78 is 10.6. The number of aromatic nitrogens is 1. The Hall–Kier alpha value is -2.62. The Morgan fingerprint density at radius 2 is 1.95 bits per heavy atom. The monoisotopic (exact) mass is 282 g/mol. The Kier molecular flexibility index (Phi) is 3.69. The first-order valence-electron chi connectivity index (χ1n) is 6.82. The zero-order valence-electron chi connectivity index (χ0n) is 12.1. The summed E-state index contributed by atoms with van der Waals surface area (Å²) in [6.45, 7) is 0.721. The number of H-pyrrole nitrogens is 1. The van der Waals surface area contributed by atoms with Crippen LogP contribution in [0.15, 0.2) is 48.7 Å². The van der Waals surface area contributed by atoms with Gasteiger partial charge in [0.25, 0.3) is 0 Å². The normalized spacial score (nSPS) is 10.6. The molecule has 4 nitrogen and oxygen atoms in total. The highest BCUT2D eigenvalue weighted by atomic mass is 16.5. The molecule has 0 saturated carbocycles. The first-order chi connectivity index (χ1) is 10.3. The molecule has 1 heterocycles. The van der Waals surface area contributed by atoms with Gasteiger partial charge in [0.2, 0.25) is 0 Å². The van der Waals surface area contributed by atoms with Gasteiger partial charge in [-0.25, -0.2) is 0 Å². The van der Waals surface area contributed by atoms with Gasteiger partial charge in [0.15, 0.2) is 0 Å². The molecule has 3 aromatic rings. The predicted octanol–water partition coefficient (Wildman–Crippen LogP) is 3.80. The molecule has 0 aliphatic rings. The average Bonchev–Trinajstić information content (AvgIpc) is 3.01. The number of hydrogen-bond donors (Lipinski definition) is 2. The highest BCUT2D eigenvalue weighted by Crippen LogP contribution is 2.29. The van der Waals surface area contributed by atoms with E-state index in [9.17, 15) is 0 Å². The second kappa shape index (κ2) is 5.79. The van der Waals surface area contributed by atoms with Crippen molar-refractivity contribution < 1.29 is 9.47 Å². The van der Waals surface area contributed by atoms with Crippen LogP contribution >= 0.6 is 0 Å². The Morgan fingerprint density at radius 1 is 1.05 bits per heavy atom. The van der Waals surface area contributed by atoms with Crippen LogP contribution in [0.1, 0.15) is 5.56 Å². The average molecular weight is 282 g/mol. The van der Waals surface area contributed by atoms with E-state index in [1.165, 1.54) is 10.9 Å². The smallest absolute Gasteiger partial charge is 0.142 e. The molecule has 0 bridgehead atoms. The molecule has 0 radical (unpaired) electrons. The molecule has 2 N–H and O–H groups in total. The molecule has 0 atom stereocenters. The highest BCUT2D eigenvalue weighted by molar-refractivity contribution is 5.83. The van der Waals surface area contributed by atoms with Crippen LogP contribution in [0.25, 0.3) is 10.9 Å². The minimum Gasteiger partial charge on any atom is -0.497 e. The summed E-state index contributed by atoms with van der Waals surface area (Å²) in [5.74, 6) is 1.61. The van der Waals surface area contributed by atoms with Gasteiger partial charge in [-0.05, 0) is 29.8 Å². The SMILES string of the molecule is COc1ccc(OC)c(NCc2cccc3[nH]ccc23)c1. The lowest BCUT2D eigenvalue weighted by Crippen LogP contribution is -2.02. The van der Waals surface area contributed by atoms with E-state index < -0.39 is 0 Å². The number of anilines is 1. The van der Waals surface area contributed by atoms with Crippen molar-refractivity contribution in [3.05, 3.63) is 54.2 Å². The highest BCUT2D eigenvalue weighted by Gasteiger charge is 2.06. The predicted molar refractivity (Wildman–Crippen MR) is 85.2 cm³/mol. The molecule has 0 amide bonds. The van der Waals surface area contributed by atoms with Crippen molar-refractivity contribution >= 4 is 16.6 Å². The van der Waals surface area contributed by atoms with Gasteiger partial charge >= 0.3 is 0 Å². The van der Waals surface area contributed by atoms with Gasteiger partial charge in [0.1, 0.15) is 11.5 Å². The Morgan fingerprint density at radius 3 is 2.76 bits per heavy atom. The third-order valence-corrected chi connectivity index (χ3v) is 3.56. The maximum atomic E-state index is 5.38. The molecule has 0 aliphatic heterocycles. The van der Waals surface area contributed by atoms with Gasteiger partial charge < -0.3 is 19.8 Å². The van der Waals surface area contributed by atoms with Gasteiger partial charge in [-0.3, -0.25) is 0 Å². The molecule has 3 rings (SSSR count). The number of ether oxygens (including phenoxy) is 2. The number of aromatic amines is 1. The lowest BCUT2D eigenvalue weighted by Gasteiger charge is -2.13. The third-order valence-electron chi connectivity index (χ3n) is 3.56. The van der Waals surface area contributed by atoms with Crippen LogP contribution in [0, 0.1) is 0 Å². The van der Waals surface area contributed by atoms with Crippen LogP contribution in [0.4, 0.5) is 5.69 Å². The molecule has 2 aromatic carbocycles. The Bertz CT molecular complexity index is 749. The Labute approximate surface area is 123 Å². The van der Waals surface area contributed by atoms with E-state index in [0.717, 1.165) is 29.2 Å². The molecule has 1 aromatic heterocycles. The van der Waals surface area contributed by atoms with E-state index in [4.69, 9.17) is 9.47 Å². The number of methoxy groups -OCH3 is 2. The molecule has 0 spiro atoms. The van der Waals surface area contributed by atoms with Crippen molar-refractivity contribution in [3.63, 3.8) is 0 Å². The van der Waals surface area contributed by atoms with Crippen molar-refractivity contribution in [2.45, 2.75) is 6.54 Å². The summed E-state index contributed by atoms with van der Waals surface area (Å²) in [6, 6.07) is 14.1. The molecule has 0 unspecified atom stereocenters. The maximum absolute atomic E-state index is 5.38. The molecule has 21 heavy (non-hydrogen) atoms. The molecule has 0 aliphatic carbocycles. The number of hydrogen-bond acceptors (Lipinski definition) is 3. The fourth-order valence-corrected chi connectivity index (χ4v) is 2.45. The van der Waals surface area contributed by atoms with Gasteiger partial charge in [-0.1, -0.05) is 12.1 Å². The standard InChI is InChI=1S/C17H18N2O2/c1-20-13-6-7-17(21-2)16(10-13)19-11-12-4-3-5-15-14(12)8-9-18-15/h3-10,18-19H,11H2,1-2H3. The molecular formula is C17H18N2O2. The van der Waals surface area contributed by atoms with Gasteiger partial charge in [-0.2, -0.15) is 0 Å². The largest absolute Gasteiger partial charge is 0.497 e. The van der Waals surface area contributed by atoms with E-state index in [1.54, 1.807) is 14.2 Å². The van der Waals surface area contributed by atoms with E-state index in [-0.39, 0.29) is 0 Å². The number of rotatable bonds is 5. The fraction of sp³-hybridized carbons (Fsp3) is 0.176. The molecule has 4 heteroatoms. The van der Waals surface area contributed by atoms with Crippen LogP contribution in [-0.4, -0.2) is 19.2 Å². The summed E-state index contributed by atoms with van der Waals surface area (Å²) >= 11 is 0. The molecule has 0 fully saturated rings. The van der Waals surface area contributed by atoms with Gasteiger partial charge in [0.05, 0.1) is 19.9 Å². The summed E-state index contributed by atoms with van der Waals surface area (Å²) in [5, 5.41) is 4.65. The van der Waals surface area contributed by atoms with Crippen LogP contribution in [0.3, 0.4) is 0 Å². The van der Waals surface area contributed by atoms with Crippen LogP contribution < -0.4 is 14.8 Å². The number of benzene rings is 2. The van der Waals surface area contributed by atoms with Crippen molar-refractivity contribution in [2.24, 2.45) is 0 Å². The zero-order valence-corrected chi connectivity index (χ0v) is 12.1. The van der Waals surface area contributed by atoms with Crippen molar-refractivity contribution in [2.75, 3.05) is 19.5 Å². The van der Waals surface area contributed by atoms with E-state index in [2.05, 4.69) is 34.6 Å². The second-order valence-corrected chi connectivity index (χ2v) is 4.78. The van der Waals surface area contributed by atoms with E-state index in [0.29, 0.717) is 0 Å². The van der Waals surface area contributed by atoms with Gasteiger partial charge in [-0.15, -0.1) is 0 Å². The fourth-order valence-electron chi connectivity index (χ4n) is 2.45. The summed E-state index contributed by atoms with van der Waals surface area (Å²) in [4.78, 5) is 3.23. The van der Waals surface area contributed by atoms with Crippen molar-refractivity contribution in [1.82, 2.24) is 4.98 Å². The molecular weight excluding hydrogens is 264 g/mol. The van der Waals surface area contributed by atoms with E-state index in [1.807, 2.05) is 24.4 Å². The minimum atomic E-state index is 0.721. The number of fused-ring (bicyclic) bond motifs is 1. The minimum absolute atomic E-state index is 0.721. The quantitative estimate of drug-likeness (QED) is 0.748. The zero-order chi connectivity index (χ0) is 14.7. The lowest BCUT2D eigenvalue weighted by molar-refractivity contribution is 0.404. The van der Waals surface area contributed by atoms with Crippen LogP contribution in [-0.2, 0) is 6.54 Å². The van der Waals surface area contributed by atoms with E-state index >= 15 is 0 Å². The summed E-state index contributed by atoms with van der Waals surface area (Å²) in [7, 11) is 3.33. The first-order valence-corrected chi connectivity index (χ1v) is 6.82. The third kappa shape index (κ3) is 2.65. The van der Waals surface area contributed by atoms with Crippen LogP contribution in [0.5, 0.6) is 11.5 Å². The maximum Gasteiger partial charge on any atom is 0.142 e. The molecule has 0 saturated heterocycles. The summed E-state index contributed by atoms with van der Waals surface area (Å²) in [6.07, 6.45) is 1.96. The lowest BCUT2D eigenvalue weighted by atomic mass is 10.1. The molecule has 108 valence electrons. The van der Waals surface area contributed by atoms with Crippen LogP contribution in [0.2, 0.25) is 0 Å². The second-order valence-electron chi connectivity index (χ2n) is 4.78. The van der Waals surface area contributed by atoms with Crippen molar-refractivity contribution in [1.29, 1.82) is 0 Å². The van der Waals surface area contributed by atoms with Crippen molar-refractivity contribution in [3.8, 4) is 11.5 Å². The van der Waals surface area contributed by atoms with Gasteiger partial charge in [0, 0.05) is 29.7 Å². The Balaban J connectivity index is 1.86. The number of nitrogens with one attached hydrogen (secondary N) is 2. The summed E-state index contributed by atoms with van der Waals surface area (Å²) in [5.41, 5.74) is 3.30. The topological polar surface area (TPSA) is 46.3 Å².